The molecule has 0 atom stereocenters. The molecule has 4 nitrogen and oxygen atoms in total. The minimum absolute atomic E-state index is 0.0711. The van der Waals surface area contributed by atoms with E-state index in [4.69, 9.17) is 19.5 Å². The maximum absolute atomic E-state index is 11.7. The fourth-order valence-corrected chi connectivity index (χ4v) is 2.00. The van der Waals surface area contributed by atoms with Crippen molar-refractivity contribution < 1.29 is 22.5 Å². The highest BCUT2D eigenvalue weighted by Gasteiger charge is 2.39. The van der Waals surface area contributed by atoms with Gasteiger partial charge in [0.2, 0.25) is 0 Å². The molecule has 2 fully saturated rings. The van der Waals surface area contributed by atoms with Crippen LogP contribution in [0.5, 0.6) is 0 Å². The van der Waals surface area contributed by atoms with Crippen molar-refractivity contribution in [3.05, 3.63) is 22.7 Å². The van der Waals surface area contributed by atoms with Crippen LogP contribution in [0.4, 0.5) is 0 Å². The molecule has 0 amide bonds. The van der Waals surface area contributed by atoms with Gasteiger partial charge in [0.15, 0.2) is 0 Å². The van der Waals surface area contributed by atoms with E-state index in [0.29, 0.717) is 0 Å². The SMILES string of the molecule is [2H]C1([2H])C/C(=C(\[N+]#[C-])C(=O)OC)CC2(CC([2H])([2H])C([2H])([2H])C2)O1. The highest BCUT2D eigenvalue weighted by molar-refractivity contribution is 5.91. The molecule has 0 aromatic rings. The molecule has 1 aliphatic carbocycles. The molecule has 0 aromatic carbocycles. The van der Waals surface area contributed by atoms with Gasteiger partial charge in [0.25, 0.3) is 5.70 Å². The lowest BCUT2D eigenvalue weighted by Gasteiger charge is -2.35. The Kier molecular flexibility index (Phi) is 1.88. The number of hydrogen-bond donors (Lipinski definition) is 0. The molecule has 92 valence electrons. The quantitative estimate of drug-likeness (QED) is 0.402. The van der Waals surface area contributed by atoms with Crippen LogP contribution >= 0.6 is 0 Å². The number of nitrogens with zero attached hydrogens (tertiary/aromatic N) is 1. The average Bonchev–Trinajstić information content (AvgIpc) is 2.51. The number of methoxy groups -OCH3 is 1. The predicted molar refractivity (Wildman–Crippen MR) is 62.0 cm³/mol. The second-order valence-corrected chi connectivity index (χ2v) is 4.05. The lowest BCUT2D eigenvalue weighted by Crippen LogP contribution is -2.34. The van der Waals surface area contributed by atoms with Crippen LogP contribution in [0.15, 0.2) is 11.3 Å². The smallest absolute Gasteiger partial charge is 0.335 e. The molecule has 0 N–H and O–H groups in total. The van der Waals surface area contributed by atoms with E-state index >= 15 is 0 Å². The van der Waals surface area contributed by atoms with Crippen LogP contribution in [-0.4, -0.2) is 25.2 Å². The van der Waals surface area contributed by atoms with E-state index in [1.54, 1.807) is 0 Å². The maximum atomic E-state index is 11.7. The molecule has 2 rings (SSSR count). The van der Waals surface area contributed by atoms with Gasteiger partial charge in [-0.25, -0.2) is 4.85 Å². The summed E-state index contributed by atoms with van der Waals surface area (Å²) in [5, 5.41) is 0. The molecule has 0 unspecified atom stereocenters. The molecule has 0 radical (unpaired) electrons. The van der Waals surface area contributed by atoms with Gasteiger partial charge in [-0.05, 0) is 25.7 Å². The zero-order chi connectivity index (χ0) is 17.7. The summed E-state index contributed by atoms with van der Waals surface area (Å²) in [5.74, 6) is -0.883. The van der Waals surface area contributed by atoms with E-state index in [9.17, 15) is 4.79 Å². The molecule has 2 aliphatic rings. The first kappa shape index (κ1) is 6.55. The maximum Gasteiger partial charge on any atom is 0.335 e. The van der Waals surface area contributed by atoms with Crippen molar-refractivity contribution >= 4 is 5.97 Å². The van der Waals surface area contributed by atoms with Gasteiger partial charge in [-0.3, -0.25) is 4.79 Å². The van der Waals surface area contributed by atoms with Crippen molar-refractivity contribution in [3.8, 4) is 0 Å². The summed E-state index contributed by atoms with van der Waals surface area (Å²) in [6.07, 6.45) is -5.44. The molecule has 1 spiro atoms. The number of carbonyl (C=O) groups is 1. The van der Waals surface area contributed by atoms with Gasteiger partial charge in [-0.15, -0.1) is 0 Å². The fraction of sp³-hybridized carbons (Fsp3) is 0.692. The molecular weight excluding hydrogens is 218 g/mol. The minimum atomic E-state index is -2.21. The molecule has 0 aromatic heterocycles. The standard InChI is InChI=1S/C13H17NO3/c1-14-11(12(15)16-2)10-5-8-17-13(9-10)6-3-4-7-13/h3-9H2,2H3/b11-10+/i3D2,4D2,8D2. The first-order valence-electron chi connectivity index (χ1n) is 8.25. The van der Waals surface area contributed by atoms with Crippen molar-refractivity contribution in [2.75, 3.05) is 13.7 Å². The summed E-state index contributed by atoms with van der Waals surface area (Å²) in [4.78, 5) is 14.8. The summed E-state index contributed by atoms with van der Waals surface area (Å²) < 4.78 is 57.1. The Morgan fingerprint density at radius 2 is 2.29 bits per heavy atom. The van der Waals surface area contributed by atoms with Gasteiger partial charge in [0.05, 0.1) is 22.0 Å². The lowest BCUT2D eigenvalue weighted by atomic mass is 9.87. The van der Waals surface area contributed by atoms with Gasteiger partial charge in [-0.2, -0.15) is 0 Å². The van der Waals surface area contributed by atoms with Crippen molar-refractivity contribution in [1.29, 1.82) is 0 Å². The van der Waals surface area contributed by atoms with Gasteiger partial charge in [0.1, 0.15) is 0 Å². The van der Waals surface area contributed by atoms with Crippen LogP contribution in [0.1, 0.15) is 46.7 Å². The van der Waals surface area contributed by atoms with E-state index in [-0.39, 0.29) is 37.0 Å². The monoisotopic (exact) mass is 241 g/mol. The highest BCUT2D eigenvalue weighted by atomic mass is 16.5. The van der Waals surface area contributed by atoms with Crippen LogP contribution in [0.2, 0.25) is 0 Å². The third kappa shape index (κ3) is 2.34. The van der Waals surface area contributed by atoms with Crippen molar-refractivity contribution in [2.24, 2.45) is 0 Å². The van der Waals surface area contributed by atoms with E-state index in [2.05, 4.69) is 9.58 Å². The van der Waals surface area contributed by atoms with Crippen molar-refractivity contribution in [3.63, 3.8) is 0 Å². The fourth-order valence-electron chi connectivity index (χ4n) is 2.00. The summed E-state index contributed by atoms with van der Waals surface area (Å²) in [5.41, 5.74) is -1.59. The Morgan fingerprint density at radius 3 is 2.88 bits per heavy atom. The van der Waals surface area contributed by atoms with Crippen LogP contribution in [0, 0.1) is 6.57 Å². The number of rotatable bonds is 1. The van der Waals surface area contributed by atoms with Gasteiger partial charge in [-0.1, -0.05) is 18.3 Å². The van der Waals surface area contributed by atoms with Crippen LogP contribution in [-0.2, 0) is 14.3 Å². The number of ether oxygens (including phenoxy) is 2. The van der Waals surface area contributed by atoms with Crippen LogP contribution in [0.3, 0.4) is 0 Å². The van der Waals surface area contributed by atoms with E-state index in [1.807, 2.05) is 0 Å². The van der Waals surface area contributed by atoms with Crippen molar-refractivity contribution in [1.82, 2.24) is 0 Å². The summed E-state index contributed by atoms with van der Waals surface area (Å²) in [6, 6.07) is 0. The number of esters is 1. The Balaban J connectivity index is 2.48. The Bertz CT molecular complexity index is 591. The van der Waals surface area contributed by atoms with Gasteiger partial charge in [0, 0.05) is 12.0 Å². The minimum Gasteiger partial charge on any atom is -0.474 e. The van der Waals surface area contributed by atoms with Crippen molar-refractivity contribution in [2.45, 2.75) is 44.0 Å². The van der Waals surface area contributed by atoms with Crippen LogP contribution in [0.25, 0.3) is 4.85 Å². The normalized spacial score (nSPS) is 39.5. The molecule has 1 saturated heterocycles. The predicted octanol–water partition coefficient (Wildman–Crippen LogP) is 2.46. The first-order valence-corrected chi connectivity index (χ1v) is 5.25. The second-order valence-electron chi connectivity index (χ2n) is 4.05. The zero-order valence-corrected chi connectivity index (χ0v) is 9.50. The molecule has 4 heteroatoms. The first-order chi connectivity index (χ1) is 10.4. The molecule has 1 saturated carbocycles. The number of hydrogen-bond acceptors (Lipinski definition) is 3. The van der Waals surface area contributed by atoms with E-state index < -0.39 is 30.9 Å². The van der Waals surface area contributed by atoms with Crippen LogP contribution < -0.4 is 0 Å². The second kappa shape index (κ2) is 4.89. The third-order valence-corrected chi connectivity index (χ3v) is 2.88. The molecular formula is C13H17NO3. The summed E-state index contributed by atoms with van der Waals surface area (Å²) in [7, 11) is 1.12. The van der Waals surface area contributed by atoms with E-state index in [0.717, 1.165) is 7.11 Å². The zero-order valence-electron chi connectivity index (χ0n) is 15.5. The third-order valence-electron chi connectivity index (χ3n) is 2.88. The molecule has 0 bridgehead atoms. The molecule has 17 heavy (non-hydrogen) atoms. The summed E-state index contributed by atoms with van der Waals surface area (Å²) in [6.45, 7) is 4.92. The van der Waals surface area contributed by atoms with Gasteiger partial charge < -0.3 is 9.47 Å². The Labute approximate surface area is 110 Å². The highest BCUT2D eigenvalue weighted by Crippen LogP contribution is 2.42. The largest absolute Gasteiger partial charge is 0.474 e. The lowest BCUT2D eigenvalue weighted by molar-refractivity contribution is -0.135. The molecule has 1 aliphatic heterocycles. The number of carbonyl (C=O) groups excluding carboxylic acids is 1. The Morgan fingerprint density at radius 1 is 1.59 bits per heavy atom. The summed E-state index contributed by atoms with van der Waals surface area (Å²) >= 11 is 0. The topological polar surface area (TPSA) is 39.9 Å². The average molecular weight is 241 g/mol. The molecule has 1 heterocycles. The van der Waals surface area contributed by atoms with Gasteiger partial charge >= 0.3 is 5.97 Å². The van der Waals surface area contributed by atoms with E-state index in [1.165, 1.54) is 0 Å². The Hall–Kier alpha value is -1.34.